The topological polar surface area (TPSA) is 114 Å². The number of Topliss-reactive ketones (excluding diaryl/α,β-unsaturated/α-hetero) is 1. The fourth-order valence-electron chi connectivity index (χ4n) is 6.19. The number of fused-ring (bicyclic) bond motifs is 2. The summed E-state index contributed by atoms with van der Waals surface area (Å²) in [7, 11) is 0. The molecule has 46 heavy (non-hydrogen) atoms. The highest BCUT2D eigenvalue weighted by molar-refractivity contribution is 6.09. The maximum atomic E-state index is 13.8. The first-order valence-electron chi connectivity index (χ1n) is 14.8. The first kappa shape index (κ1) is 30.9. The Kier molecular flexibility index (Phi) is 7.65. The number of nitrogens with one attached hydrogen (secondary N) is 1. The predicted molar refractivity (Wildman–Crippen MR) is 165 cm³/mol. The Morgan fingerprint density at radius 2 is 1.78 bits per heavy atom. The van der Waals surface area contributed by atoms with Gasteiger partial charge in [-0.25, -0.2) is 14.5 Å². The van der Waals surface area contributed by atoms with Crippen LogP contribution in [0.4, 0.5) is 19.0 Å². The van der Waals surface area contributed by atoms with Crippen LogP contribution in [0.1, 0.15) is 53.1 Å². The number of halogens is 3. The van der Waals surface area contributed by atoms with Crippen molar-refractivity contribution in [3.8, 4) is 11.1 Å². The second kappa shape index (κ2) is 11.4. The molecule has 2 unspecified atom stereocenters. The predicted octanol–water partition coefficient (Wildman–Crippen LogP) is 5.77. The van der Waals surface area contributed by atoms with E-state index in [0.717, 1.165) is 34.1 Å². The Morgan fingerprint density at radius 3 is 2.50 bits per heavy atom. The van der Waals surface area contributed by atoms with Crippen LogP contribution in [-0.4, -0.2) is 59.2 Å². The molecule has 2 amide bonds. The van der Waals surface area contributed by atoms with E-state index in [4.69, 9.17) is 0 Å². The van der Waals surface area contributed by atoms with Gasteiger partial charge in [-0.3, -0.25) is 14.4 Å². The number of carbonyl (C=O) groups is 3. The second-order valence-electron chi connectivity index (χ2n) is 12.1. The number of rotatable bonds is 6. The van der Waals surface area contributed by atoms with Gasteiger partial charge < -0.3 is 14.8 Å². The first-order chi connectivity index (χ1) is 21.7. The molecule has 0 spiro atoms. The molecular weight excluding hydrogens is 599 g/mol. The van der Waals surface area contributed by atoms with Gasteiger partial charge >= 0.3 is 6.18 Å². The molecule has 1 N–H and O–H groups in total. The van der Waals surface area contributed by atoms with Crippen LogP contribution in [0.2, 0.25) is 0 Å². The van der Waals surface area contributed by atoms with Gasteiger partial charge in [-0.05, 0) is 74.9 Å². The van der Waals surface area contributed by atoms with E-state index in [1.807, 2.05) is 45.2 Å². The average molecular weight is 632 g/mol. The summed E-state index contributed by atoms with van der Waals surface area (Å²) in [4.78, 5) is 49.5. The van der Waals surface area contributed by atoms with Gasteiger partial charge in [-0.1, -0.05) is 13.0 Å². The fraction of sp³-hybridized carbons (Fsp3) is 0.333. The molecule has 10 nitrogen and oxygen atoms in total. The summed E-state index contributed by atoms with van der Waals surface area (Å²) in [6.07, 6.45) is 0.959. The molecule has 1 fully saturated rings. The van der Waals surface area contributed by atoms with Crippen molar-refractivity contribution >= 4 is 40.0 Å². The quantitative estimate of drug-likeness (QED) is 0.238. The van der Waals surface area contributed by atoms with Crippen LogP contribution in [-0.2, 0) is 22.3 Å². The summed E-state index contributed by atoms with van der Waals surface area (Å²) in [6.45, 7) is 8.88. The molecule has 1 aromatic carbocycles. The lowest BCUT2D eigenvalue weighted by atomic mass is 10.0. The fourth-order valence-corrected chi connectivity index (χ4v) is 6.19. The number of aromatic nitrogens is 5. The Labute approximate surface area is 262 Å². The molecule has 5 heterocycles. The molecule has 13 heteroatoms. The van der Waals surface area contributed by atoms with E-state index >= 15 is 0 Å². The lowest BCUT2D eigenvalue weighted by Crippen LogP contribution is -2.44. The standard InChI is InChI=1S/C33H32F3N7O3/c1-17-8-26(32(46)39-31-18(2)6-7-27(38-31)33(34,35)36)42(13-17)29(45)16-41-15-25(21(5)44)24-11-22(9-19(3)30(24)41)23-12-37-28-10-20(4)40-43(28)14-23/h6-7,9-12,14-15,17,26H,8,13,16H2,1-5H3,(H,38,39,46). The maximum absolute atomic E-state index is 13.8. The molecule has 2 atom stereocenters. The summed E-state index contributed by atoms with van der Waals surface area (Å²) in [5.41, 5.74) is 4.45. The molecular formula is C33H32F3N7O3. The minimum absolute atomic E-state index is 0.0155. The van der Waals surface area contributed by atoms with E-state index < -0.39 is 23.8 Å². The highest BCUT2D eigenvalue weighted by Crippen LogP contribution is 2.33. The number of benzene rings is 1. The van der Waals surface area contributed by atoms with Crippen molar-refractivity contribution in [2.75, 3.05) is 11.9 Å². The number of likely N-dealkylation sites (tertiary alicyclic amines) is 1. The van der Waals surface area contributed by atoms with E-state index in [9.17, 15) is 27.6 Å². The number of nitrogens with zero attached hydrogens (tertiary/aromatic N) is 6. The van der Waals surface area contributed by atoms with Gasteiger partial charge in [0.2, 0.25) is 11.8 Å². The largest absolute Gasteiger partial charge is 0.433 e. The van der Waals surface area contributed by atoms with Crippen molar-refractivity contribution in [2.45, 2.75) is 59.8 Å². The van der Waals surface area contributed by atoms with Gasteiger partial charge in [0.1, 0.15) is 24.1 Å². The van der Waals surface area contributed by atoms with E-state index in [1.54, 1.807) is 28.4 Å². The van der Waals surface area contributed by atoms with E-state index in [0.29, 0.717) is 35.0 Å². The van der Waals surface area contributed by atoms with Crippen LogP contribution in [0, 0.1) is 26.7 Å². The zero-order valence-corrected chi connectivity index (χ0v) is 25.9. The molecule has 0 bridgehead atoms. The highest BCUT2D eigenvalue weighted by Gasteiger charge is 2.39. The van der Waals surface area contributed by atoms with Gasteiger partial charge in [-0.15, -0.1) is 0 Å². The number of aryl methyl sites for hydroxylation is 3. The van der Waals surface area contributed by atoms with Gasteiger partial charge in [0.25, 0.3) is 0 Å². The summed E-state index contributed by atoms with van der Waals surface area (Å²) in [5.74, 6) is -1.33. The monoisotopic (exact) mass is 631 g/mol. The third-order valence-corrected chi connectivity index (χ3v) is 8.38. The SMILES string of the molecule is CC(=O)c1cn(CC(=O)N2CC(C)CC2C(=O)Nc2nc(C(F)(F)F)ccc2C)c2c(C)cc(-c3cnc4cc(C)nn4c3)cc12. The number of hydrogen-bond acceptors (Lipinski definition) is 6. The second-order valence-corrected chi connectivity index (χ2v) is 12.1. The molecule has 1 saturated heterocycles. The molecule has 0 radical (unpaired) electrons. The zero-order chi connectivity index (χ0) is 33.1. The van der Waals surface area contributed by atoms with Crippen LogP contribution >= 0.6 is 0 Å². The summed E-state index contributed by atoms with van der Waals surface area (Å²) >= 11 is 0. The smallest absolute Gasteiger partial charge is 0.337 e. The van der Waals surface area contributed by atoms with Crippen LogP contribution in [0.15, 0.2) is 48.9 Å². The summed E-state index contributed by atoms with van der Waals surface area (Å²) in [6, 6.07) is 6.95. The Morgan fingerprint density at radius 1 is 1.02 bits per heavy atom. The molecule has 238 valence electrons. The van der Waals surface area contributed by atoms with Crippen molar-refractivity contribution in [1.82, 2.24) is 29.0 Å². The Bertz CT molecular complexity index is 2050. The number of alkyl halides is 3. The van der Waals surface area contributed by atoms with Gasteiger partial charge in [0.15, 0.2) is 11.4 Å². The number of carbonyl (C=O) groups excluding carboxylic acids is 3. The van der Waals surface area contributed by atoms with Crippen LogP contribution in [0.5, 0.6) is 0 Å². The van der Waals surface area contributed by atoms with Crippen molar-refractivity contribution < 1.29 is 27.6 Å². The molecule has 1 aliphatic heterocycles. The van der Waals surface area contributed by atoms with Crippen molar-refractivity contribution in [3.63, 3.8) is 0 Å². The molecule has 0 saturated carbocycles. The Hall–Kier alpha value is -5.07. The first-order valence-corrected chi connectivity index (χ1v) is 14.8. The van der Waals surface area contributed by atoms with Gasteiger partial charge in [0, 0.05) is 47.7 Å². The molecule has 6 rings (SSSR count). The van der Waals surface area contributed by atoms with Gasteiger partial charge in [-0.2, -0.15) is 18.3 Å². The minimum Gasteiger partial charge on any atom is -0.337 e. The zero-order valence-electron chi connectivity index (χ0n) is 25.9. The summed E-state index contributed by atoms with van der Waals surface area (Å²) in [5, 5.41) is 7.65. The third-order valence-electron chi connectivity index (χ3n) is 8.38. The average Bonchev–Trinajstić information content (AvgIpc) is 3.67. The van der Waals surface area contributed by atoms with Crippen molar-refractivity contribution in [2.24, 2.45) is 5.92 Å². The van der Waals surface area contributed by atoms with Crippen molar-refractivity contribution in [1.29, 1.82) is 0 Å². The lowest BCUT2D eigenvalue weighted by molar-refractivity contribution is -0.141. The molecule has 5 aromatic rings. The number of anilines is 1. The minimum atomic E-state index is -4.67. The van der Waals surface area contributed by atoms with Crippen molar-refractivity contribution in [3.05, 3.63) is 77.0 Å². The number of hydrogen-bond donors (Lipinski definition) is 1. The molecule has 0 aliphatic carbocycles. The Balaban J connectivity index is 1.29. The normalized spacial score (nSPS) is 16.8. The van der Waals surface area contributed by atoms with Crippen LogP contribution < -0.4 is 5.32 Å². The number of pyridine rings is 1. The molecule has 4 aromatic heterocycles. The molecule has 1 aliphatic rings. The van der Waals surface area contributed by atoms with Crippen LogP contribution in [0.3, 0.4) is 0 Å². The number of amides is 2. The third kappa shape index (κ3) is 5.72. The summed E-state index contributed by atoms with van der Waals surface area (Å²) < 4.78 is 43.2. The van der Waals surface area contributed by atoms with Crippen LogP contribution in [0.25, 0.3) is 27.7 Å². The van der Waals surface area contributed by atoms with E-state index in [2.05, 4.69) is 20.4 Å². The highest BCUT2D eigenvalue weighted by atomic mass is 19.4. The lowest BCUT2D eigenvalue weighted by Gasteiger charge is -2.25. The van der Waals surface area contributed by atoms with E-state index in [1.165, 1.54) is 17.9 Å². The maximum Gasteiger partial charge on any atom is 0.433 e. The van der Waals surface area contributed by atoms with Gasteiger partial charge in [0.05, 0.1) is 11.2 Å². The number of ketones is 1. The van der Waals surface area contributed by atoms with E-state index in [-0.39, 0.29) is 30.0 Å².